The van der Waals surface area contributed by atoms with Gasteiger partial charge in [0, 0.05) is 19.7 Å². The van der Waals surface area contributed by atoms with Gasteiger partial charge in [-0.2, -0.15) is 0 Å². The number of carbonyl (C=O) groups is 1. The Hall–Kier alpha value is -1.73. The third-order valence-corrected chi connectivity index (χ3v) is 6.27. The summed E-state index contributed by atoms with van der Waals surface area (Å²) in [7, 11) is 0. The minimum atomic E-state index is 0.151. The number of nitrogens with one attached hydrogen (secondary N) is 1. The Kier molecular flexibility index (Phi) is 4.85. The first-order valence-corrected chi connectivity index (χ1v) is 9.93. The molecule has 0 aliphatic carbocycles. The molecule has 1 N–H and O–H groups in total. The maximum atomic E-state index is 13.0. The van der Waals surface area contributed by atoms with Gasteiger partial charge in [0.15, 0.2) is 0 Å². The molecule has 0 aromatic carbocycles. The molecule has 2 aliphatic heterocycles. The molecule has 0 saturated carbocycles. The van der Waals surface area contributed by atoms with Gasteiger partial charge in [-0.1, -0.05) is 12.8 Å². The van der Waals surface area contributed by atoms with Crippen LogP contribution in [-0.4, -0.2) is 53.1 Å². The lowest BCUT2D eigenvalue weighted by atomic mass is 10.1. The second kappa shape index (κ2) is 7.25. The van der Waals surface area contributed by atoms with Gasteiger partial charge in [-0.25, -0.2) is 9.97 Å². The highest BCUT2D eigenvalue weighted by Crippen LogP contribution is 2.34. The van der Waals surface area contributed by atoms with Gasteiger partial charge < -0.3 is 15.0 Å². The van der Waals surface area contributed by atoms with E-state index in [1.807, 2.05) is 11.8 Å². The summed E-state index contributed by atoms with van der Waals surface area (Å²) in [6.07, 6.45) is 7.20. The molecule has 2 fully saturated rings. The van der Waals surface area contributed by atoms with Crippen LogP contribution >= 0.6 is 11.3 Å². The van der Waals surface area contributed by atoms with E-state index in [9.17, 15) is 4.79 Å². The van der Waals surface area contributed by atoms with E-state index < -0.39 is 0 Å². The Labute approximate surface area is 151 Å². The second-order valence-corrected chi connectivity index (χ2v) is 7.87. The van der Waals surface area contributed by atoms with Crippen LogP contribution in [0.5, 0.6) is 0 Å². The van der Waals surface area contributed by atoms with Crippen LogP contribution < -0.4 is 5.32 Å². The molecule has 1 atom stereocenters. The van der Waals surface area contributed by atoms with Gasteiger partial charge in [0.1, 0.15) is 17.0 Å². The van der Waals surface area contributed by atoms with Crippen LogP contribution in [0.15, 0.2) is 6.33 Å². The zero-order valence-corrected chi connectivity index (χ0v) is 15.4. The summed E-state index contributed by atoms with van der Waals surface area (Å²) in [5, 5.41) is 4.46. The average Bonchev–Trinajstić information content (AvgIpc) is 3.14. The van der Waals surface area contributed by atoms with Gasteiger partial charge in [0.25, 0.3) is 5.91 Å². The van der Waals surface area contributed by atoms with E-state index in [0.717, 1.165) is 65.4 Å². The first-order chi connectivity index (χ1) is 12.2. The van der Waals surface area contributed by atoms with E-state index in [2.05, 4.69) is 15.3 Å². The number of aromatic nitrogens is 2. The smallest absolute Gasteiger partial charge is 0.264 e. The molecule has 2 aromatic rings. The summed E-state index contributed by atoms with van der Waals surface area (Å²) in [5.41, 5.74) is 0.997. The van der Waals surface area contributed by atoms with E-state index >= 15 is 0 Å². The Morgan fingerprint density at radius 2 is 2.08 bits per heavy atom. The number of nitrogens with zero attached hydrogens (tertiary/aromatic N) is 3. The van der Waals surface area contributed by atoms with Crippen molar-refractivity contribution in [3.05, 3.63) is 16.8 Å². The maximum Gasteiger partial charge on any atom is 0.264 e. The molecule has 0 spiro atoms. The normalized spacial score (nSPS) is 21.5. The van der Waals surface area contributed by atoms with Gasteiger partial charge in [0.2, 0.25) is 0 Å². The van der Waals surface area contributed by atoms with Crippen LogP contribution in [-0.2, 0) is 4.74 Å². The number of thiophene rings is 1. The van der Waals surface area contributed by atoms with Crippen LogP contribution in [0.25, 0.3) is 10.2 Å². The fraction of sp³-hybridized carbons (Fsp3) is 0.611. The van der Waals surface area contributed by atoms with Gasteiger partial charge in [-0.3, -0.25) is 4.79 Å². The highest BCUT2D eigenvalue weighted by molar-refractivity contribution is 7.20. The number of carbonyl (C=O) groups excluding carboxylic acids is 1. The molecule has 4 rings (SSSR count). The zero-order chi connectivity index (χ0) is 17.2. The van der Waals surface area contributed by atoms with E-state index in [4.69, 9.17) is 4.74 Å². The summed E-state index contributed by atoms with van der Waals surface area (Å²) in [6, 6.07) is 0.280. The molecule has 1 amide bonds. The van der Waals surface area contributed by atoms with Crippen LogP contribution in [0.4, 0.5) is 5.82 Å². The average molecular weight is 360 g/mol. The van der Waals surface area contributed by atoms with Gasteiger partial charge in [0.05, 0.1) is 22.9 Å². The van der Waals surface area contributed by atoms with E-state index in [1.54, 1.807) is 6.33 Å². The quantitative estimate of drug-likeness (QED) is 0.910. The summed E-state index contributed by atoms with van der Waals surface area (Å²) in [5.74, 6) is 0.974. The molecule has 25 heavy (non-hydrogen) atoms. The van der Waals surface area contributed by atoms with E-state index in [0.29, 0.717) is 6.61 Å². The largest absolute Gasteiger partial charge is 0.379 e. The molecule has 7 heteroatoms. The van der Waals surface area contributed by atoms with E-state index in [-0.39, 0.29) is 11.9 Å². The number of ether oxygens (including phenoxy) is 1. The molecule has 2 aromatic heterocycles. The predicted octanol–water partition coefficient (Wildman–Crippen LogP) is 3.22. The first-order valence-electron chi connectivity index (χ1n) is 9.11. The van der Waals surface area contributed by atoms with E-state index in [1.165, 1.54) is 24.2 Å². The lowest BCUT2D eigenvalue weighted by Crippen LogP contribution is -2.31. The number of likely N-dealkylation sites (tertiary alicyclic amines) is 1. The third kappa shape index (κ3) is 3.35. The van der Waals surface area contributed by atoms with Crippen molar-refractivity contribution in [3.63, 3.8) is 0 Å². The number of fused-ring (bicyclic) bond motifs is 1. The molecular formula is C18H24N4O2S. The molecule has 2 aliphatic rings. The van der Waals surface area contributed by atoms with Crippen LogP contribution in [0.2, 0.25) is 0 Å². The Morgan fingerprint density at radius 1 is 1.28 bits per heavy atom. The summed E-state index contributed by atoms with van der Waals surface area (Å²) in [6.45, 7) is 5.23. The Morgan fingerprint density at radius 3 is 2.80 bits per heavy atom. The lowest BCUT2D eigenvalue weighted by molar-refractivity contribution is 0.0766. The number of anilines is 1. The Bertz CT molecular complexity index is 762. The topological polar surface area (TPSA) is 67.4 Å². The fourth-order valence-electron chi connectivity index (χ4n) is 3.64. The predicted molar refractivity (Wildman–Crippen MR) is 99.4 cm³/mol. The SMILES string of the molecule is Cc1c(C(=O)N2CCCCCC2)sc2ncnc(NC3CCOC3)c12. The number of rotatable bonds is 3. The third-order valence-electron chi connectivity index (χ3n) is 5.08. The number of amides is 1. The van der Waals surface area contributed by atoms with Crippen molar-refractivity contribution >= 4 is 33.3 Å². The van der Waals surface area contributed by atoms with Gasteiger partial charge in [-0.15, -0.1) is 11.3 Å². The summed E-state index contributed by atoms with van der Waals surface area (Å²) < 4.78 is 5.44. The van der Waals surface area contributed by atoms with Crippen molar-refractivity contribution in [2.24, 2.45) is 0 Å². The number of hydrogen-bond donors (Lipinski definition) is 1. The van der Waals surface area contributed by atoms with Crippen molar-refractivity contribution in [2.45, 2.75) is 45.1 Å². The molecule has 2 saturated heterocycles. The summed E-state index contributed by atoms with van der Waals surface area (Å²) in [4.78, 5) is 25.6. The molecule has 134 valence electrons. The minimum Gasteiger partial charge on any atom is -0.379 e. The van der Waals surface area contributed by atoms with Crippen molar-refractivity contribution in [3.8, 4) is 0 Å². The molecule has 6 nitrogen and oxygen atoms in total. The highest BCUT2D eigenvalue weighted by Gasteiger charge is 2.25. The van der Waals surface area contributed by atoms with Crippen molar-refractivity contribution in [2.75, 3.05) is 31.6 Å². The maximum absolute atomic E-state index is 13.0. The number of hydrogen-bond acceptors (Lipinski definition) is 6. The van der Waals surface area contributed by atoms with Gasteiger partial charge in [-0.05, 0) is 31.7 Å². The fourth-order valence-corrected chi connectivity index (χ4v) is 4.76. The molecule has 4 heterocycles. The number of aryl methyl sites for hydroxylation is 1. The molecular weight excluding hydrogens is 336 g/mol. The first kappa shape index (κ1) is 16.7. The lowest BCUT2D eigenvalue weighted by Gasteiger charge is -2.19. The van der Waals surface area contributed by atoms with Crippen LogP contribution in [0.3, 0.4) is 0 Å². The van der Waals surface area contributed by atoms with Gasteiger partial charge >= 0.3 is 0 Å². The standard InChI is InChI=1S/C18H24N4O2S/c1-12-14-16(21-13-6-9-24-10-13)19-11-20-17(14)25-15(12)18(23)22-7-4-2-3-5-8-22/h11,13H,2-10H2,1H3,(H,19,20,21). The van der Waals surface area contributed by atoms with Crippen LogP contribution in [0.1, 0.15) is 47.3 Å². The summed E-state index contributed by atoms with van der Waals surface area (Å²) >= 11 is 1.49. The zero-order valence-electron chi connectivity index (χ0n) is 14.6. The molecule has 0 bridgehead atoms. The highest BCUT2D eigenvalue weighted by atomic mass is 32.1. The van der Waals surface area contributed by atoms with Crippen molar-refractivity contribution < 1.29 is 9.53 Å². The molecule has 1 unspecified atom stereocenters. The minimum absolute atomic E-state index is 0.151. The van der Waals surface area contributed by atoms with Crippen LogP contribution in [0, 0.1) is 6.92 Å². The second-order valence-electron chi connectivity index (χ2n) is 6.87. The monoisotopic (exact) mass is 360 g/mol. The Balaban J connectivity index is 1.65. The molecule has 0 radical (unpaired) electrons. The van der Waals surface area contributed by atoms with Crippen molar-refractivity contribution in [1.29, 1.82) is 0 Å². The van der Waals surface area contributed by atoms with Crippen molar-refractivity contribution in [1.82, 2.24) is 14.9 Å².